The summed E-state index contributed by atoms with van der Waals surface area (Å²) in [6.07, 6.45) is -0.719. The van der Waals surface area contributed by atoms with Crippen molar-refractivity contribution in [3.8, 4) is 0 Å². The van der Waals surface area contributed by atoms with Crippen LogP contribution in [0.5, 0.6) is 0 Å². The fourth-order valence-corrected chi connectivity index (χ4v) is 1.64. The van der Waals surface area contributed by atoms with E-state index in [1.807, 2.05) is 0 Å². The number of nitrogens with zero attached hydrogens (tertiary/aromatic N) is 2. The van der Waals surface area contributed by atoms with Gasteiger partial charge < -0.3 is 15.4 Å². The quantitative estimate of drug-likeness (QED) is 0.402. The van der Waals surface area contributed by atoms with Gasteiger partial charge in [0.2, 0.25) is 0 Å². The Morgan fingerprint density at radius 1 is 1.63 bits per heavy atom. The van der Waals surface area contributed by atoms with Gasteiger partial charge in [-0.15, -0.1) is 0 Å². The van der Waals surface area contributed by atoms with Gasteiger partial charge in [0.1, 0.15) is 5.56 Å². The minimum Gasteiger partial charge on any atom is -0.392 e. The zero-order chi connectivity index (χ0) is 14.6. The van der Waals surface area contributed by atoms with Crippen molar-refractivity contribution < 1.29 is 14.8 Å². The predicted molar refractivity (Wildman–Crippen MR) is 69.5 cm³/mol. The Hall–Kier alpha value is -2.19. The lowest BCUT2D eigenvalue weighted by Crippen LogP contribution is -2.33. The van der Waals surface area contributed by atoms with E-state index in [0.717, 1.165) is 0 Å². The number of nitrogens with one attached hydrogen (secondary N) is 1. The molecular weight excluding hydrogens is 252 g/mol. The van der Waals surface area contributed by atoms with Gasteiger partial charge in [-0.3, -0.25) is 20.8 Å². The van der Waals surface area contributed by atoms with Crippen LogP contribution >= 0.6 is 0 Å². The van der Waals surface area contributed by atoms with Crippen LogP contribution in [0.4, 0.5) is 11.4 Å². The van der Waals surface area contributed by atoms with Gasteiger partial charge >= 0.3 is 0 Å². The molecular formula is C11H16N4O4. The fourth-order valence-electron chi connectivity index (χ4n) is 1.64. The highest BCUT2D eigenvalue weighted by Gasteiger charge is 2.23. The number of carbonyl (C=O) groups is 1. The summed E-state index contributed by atoms with van der Waals surface area (Å²) in [7, 11) is 1.46. The lowest BCUT2D eigenvalue weighted by Gasteiger charge is -2.19. The molecule has 1 rings (SSSR count). The van der Waals surface area contributed by atoms with Crippen LogP contribution in [-0.4, -0.2) is 40.5 Å². The van der Waals surface area contributed by atoms with Gasteiger partial charge in [-0.2, -0.15) is 0 Å². The number of nitrogen functional groups attached to an aromatic ring is 1. The maximum atomic E-state index is 12.1. The molecule has 1 atom stereocenters. The minimum absolute atomic E-state index is 0.0796. The first-order valence-electron chi connectivity index (χ1n) is 5.55. The van der Waals surface area contributed by atoms with Crippen LogP contribution in [0, 0.1) is 10.1 Å². The van der Waals surface area contributed by atoms with Crippen molar-refractivity contribution in [1.29, 1.82) is 0 Å². The van der Waals surface area contributed by atoms with Crippen molar-refractivity contribution in [2.45, 2.75) is 13.0 Å². The number of nitro benzene ring substituents is 1. The molecule has 0 aromatic heterocycles. The maximum Gasteiger partial charge on any atom is 0.282 e. The Bertz CT molecular complexity index is 490. The third-order valence-corrected chi connectivity index (χ3v) is 2.48. The van der Waals surface area contributed by atoms with Crippen molar-refractivity contribution >= 4 is 17.3 Å². The third-order valence-electron chi connectivity index (χ3n) is 2.48. The van der Waals surface area contributed by atoms with Gasteiger partial charge in [-0.05, 0) is 19.1 Å². The molecule has 0 fully saturated rings. The Kier molecular flexibility index (Phi) is 4.79. The van der Waals surface area contributed by atoms with Gasteiger partial charge in [0.25, 0.3) is 11.6 Å². The van der Waals surface area contributed by atoms with Crippen LogP contribution in [0.1, 0.15) is 17.3 Å². The molecule has 8 nitrogen and oxygen atoms in total. The molecule has 1 aromatic rings. The van der Waals surface area contributed by atoms with Gasteiger partial charge in [0.05, 0.1) is 11.0 Å². The topological polar surface area (TPSA) is 122 Å². The van der Waals surface area contributed by atoms with Crippen molar-refractivity contribution in [2.24, 2.45) is 5.84 Å². The number of aliphatic hydroxyl groups is 1. The molecule has 0 radical (unpaired) electrons. The van der Waals surface area contributed by atoms with Crippen molar-refractivity contribution in [3.05, 3.63) is 33.9 Å². The van der Waals surface area contributed by atoms with E-state index in [9.17, 15) is 20.0 Å². The SMILES string of the molecule is CC(O)CN(C)C(=O)c1cc(NN)ccc1[N+](=O)[O-]. The number of hydrazine groups is 1. The van der Waals surface area contributed by atoms with Crippen LogP contribution in [0.15, 0.2) is 18.2 Å². The number of hydrogen-bond acceptors (Lipinski definition) is 6. The standard InChI is InChI=1S/C11H16N4O4/c1-7(16)6-14(2)11(17)9-5-8(13-12)3-4-10(9)15(18)19/h3-5,7,13,16H,6,12H2,1-2H3. The Morgan fingerprint density at radius 2 is 2.26 bits per heavy atom. The predicted octanol–water partition coefficient (Wildman–Crippen LogP) is 0.333. The molecule has 19 heavy (non-hydrogen) atoms. The normalized spacial score (nSPS) is 11.8. The molecule has 0 bridgehead atoms. The number of aliphatic hydroxyl groups excluding tert-OH is 1. The first-order chi connectivity index (χ1) is 8.86. The second-order valence-corrected chi connectivity index (χ2v) is 4.17. The number of hydrogen-bond donors (Lipinski definition) is 3. The Morgan fingerprint density at radius 3 is 2.74 bits per heavy atom. The van der Waals surface area contributed by atoms with Crippen molar-refractivity contribution in [1.82, 2.24) is 4.90 Å². The highest BCUT2D eigenvalue weighted by Crippen LogP contribution is 2.23. The number of anilines is 1. The maximum absolute atomic E-state index is 12.1. The number of likely N-dealkylation sites (N-methyl/N-ethyl adjacent to an activating group) is 1. The largest absolute Gasteiger partial charge is 0.392 e. The van der Waals surface area contributed by atoms with Gasteiger partial charge in [-0.25, -0.2) is 0 Å². The first-order valence-corrected chi connectivity index (χ1v) is 5.55. The number of carbonyl (C=O) groups excluding carboxylic acids is 1. The van der Waals surface area contributed by atoms with E-state index in [0.29, 0.717) is 5.69 Å². The van der Waals surface area contributed by atoms with E-state index in [-0.39, 0.29) is 17.8 Å². The number of rotatable bonds is 5. The van der Waals surface area contributed by atoms with Gasteiger partial charge in [0.15, 0.2) is 0 Å². The van der Waals surface area contributed by atoms with Gasteiger partial charge in [0, 0.05) is 25.3 Å². The summed E-state index contributed by atoms with van der Waals surface area (Å²) in [5, 5.41) is 20.1. The van der Waals surface area contributed by atoms with Crippen LogP contribution in [0.25, 0.3) is 0 Å². The summed E-state index contributed by atoms with van der Waals surface area (Å²) in [4.78, 5) is 23.6. The third kappa shape index (κ3) is 3.63. The second-order valence-electron chi connectivity index (χ2n) is 4.17. The molecule has 0 saturated heterocycles. The van der Waals surface area contributed by atoms with Crippen molar-refractivity contribution in [2.75, 3.05) is 19.0 Å². The zero-order valence-electron chi connectivity index (χ0n) is 10.7. The van der Waals surface area contributed by atoms with Crippen LogP contribution in [0.2, 0.25) is 0 Å². The first kappa shape index (κ1) is 14.9. The average molecular weight is 268 g/mol. The molecule has 1 aromatic carbocycles. The molecule has 0 saturated carbocycles. The fraction of sp³-hybridized carbons (Fsp3) is 0.364. The number of amides is 1. The van der Waals surface area contributed by atoms with E-state index < -0.39 is 16.9 Å². The van der Waals surface area contributed by atoms with Gasteiger partial charge in [-0.1, -0.05) is 0 Å². The minimum atomic E-state index is -0.719. The summed E-state index contributed by atoms with van der Waals surface area (Å²) in [6.45, 7) is 1.60. The second kappa shape index (κ2) is 6.12. The zero-order valence-corrected chi connectivity index (χ0v) is 10.7. The summed E-state index contributed by atoms with van der Waals surface area (Å²) >= 11 is 0. The van der Waals surface area contributed by atoms with E-state index >= 15 is 0 Å². The highest BCUT2D eigenvalue weighted by molar-refractivity contribution is 5.99. The van der Waals surface area contributed by atoms with Crippen LogP contribution < -0.4 is 11.3 Å². The number of nitro groups is 1. The van der Waals surface area contributed by atoms with Crippen molar-refractivity contribution in [3.63, 3.8) is 0 Å². The molecule has 1 amide bonds. The smallest absolute Gasteiger partial charge is 0.282 e. The summed E-state index contributed by atoms with van der Waals surface area (Å²) in [5.41, 5.74) is 2.33. The lowest BCUT2D eigenvalue weighted by molar-refractivity contribution is -0.385. The molecule has 0 spiro atoms. The monoisotopic (exact) mass is 268 g/mol. The number of nitrogens with two attached hydrogens (primary N) is 1. The summed E-state index contributed by atoms with van der Waals surface area (Å²) in [5.74, 6) is 4.67. The molecule has 4 N–H and O–H groups in total. The van der Waals surface area contributed by atoms with Crippen LogP contribution in [0.3, 0.4) is 0 Å². The van der Waals surface area contributed by atoms with E-state index in [1.54, 1.807) is 0 Å². The molecule has 0 aliphatic rings. The van der Waals surface area contributed by atoms with E-state index in [1.165, 1.54) is 37.1 Å². The molecule has 0 aliphatic carbocycles. The summed E-state index contributed by atoms with van der Waals surface area (Å²) in [6, 6.07) is 3.92. The Labute approximate surface area is 109 Å². The molecule has 1 unspecified atom stereocenters. The van der Waals surface area contributed by atoms with Crippen LogP contribution in [-0.2, 0) is 0 Å². The molecule has 104 valence electrons. The number of benzene rings is 1. The van der Waals surface area contributed by atoms with E-state index in [4.69, 9.17) is 5.84 Å². The van der Waals surface area contributed by atoms with E-state index in [2.05, 4.69) is 5.43 Å². The average Bonchev–Trinajstić information content (AvgIpc) is 2.36. The molecule has 0 aliphatic heterocycles. The highest BCUT2D eigenvalue weighted by atomic mass is 16.6. The summed E-state index contributed by atoms with van der Waals surface area (Å²) < 4.78 is 0. The molecule has 8 heteroatoms. The Balaban J connectivity index is 3.15. The molecule has 0 heterocycles. The lowest BCUT2D eigenvalue weighted by atomic mass is 10.1.